The second-order valence-corrected chi connectivity index (χ2v) is 4.50. The van der Waals surface area contributed by atoms with Gasteiger partial charge in [0.1, 0.15) is 11.6 Å². The van der Waals surface area contributed by atoms with E-state index in [1.54, 1.807) is 13.1 Å². The van der Waals surface area contributed by atoms with Crippen molar-refractivity contribution in [3.63, 3.8) is 0 Å². The number of hydrogen-bond donors (Lipinski definition) is 1. The third-order valence-electron chi connectivity index (χ3n) is 3.22. The molecule has 0 aromatic heterocycles. The first-order valence-corrected chi connectivity index (χ1v) is 6.05. The second kappa shape index (κ2) is 5.63. The van der Waals surface area contributed by atoms with E-state index in [-0.39, 0.29) is 17.2 Å². The van der Waals surface area contributed by atoms with Crippen molar-refractivity contribution in [2.24, 2.45) is 0 Å². The summed E-state index contributed by atoms with van der Waals surface area (Å²) in [5.41, 5.74) is 0.320. The van der Waals surface area contributed by atoms with E-state index in [0.717, 1.165) is 0 Å². The summed E-state index contributed by atoms with van der Waals surface area (Å²) in [7, 11) is 1.73. The third-order valence-corrected chi connectivity index (χ3v) is 3.22. The van der Waals surface area contributed by atoms with Crippen LogP contribution in [0, 0.1) is 23.3 Å². The monoisotopic (exact) mass is 283 g/mol. The summed E-state index contributed by atoms with van der Waals surface area (Å²) in [4.78, 5) is 0. The molecule has 1 N–H and O–H groups in total. The normalized spacial score (nSPS) is 12.5. The minimum Gasteiger partial charge on any atom is -0.313 e. The van der Waals surface area contributed by atoms with Crippen molar-refractivity contribution in [3.8, 4) is 11.1 Å². The Hall–Kier alpha value is -1.88. The molecule has 0 heterocycles. The van der Waals surface area contributed by atoms with Gasteiger partial charge in [0.2, 0.25) is 0 Å². The lowest BCUT2D eigenvalue weighted by Crippen LogP contribution is -2.12. The van der Waals surface area contributed by atoms with E-state index in [0.29, 0.717) is 17.7 Å². The van der Waals surface area contributed by atoms with Gasteiger partial charge in [-0.1, -0.05) is 6.07 Å². The average Bonchev–Trinajstić information content (AvgIpc) is 2.43. The Morgan fingerprint density at radius 3 is 2.05 bits per heavy atom. The van der Waals surface area contributed by atoms with Crippen LogP contribution in [0.4, 0.5) is 17.6 Å². The minimum atomic E-state index is -1.30. The zero-order chi connectivity index (χ0) is 14.9. The van der Waals surface area contributed by atoms with E-state index < -0.39 is 23.3 Å². The fourth-order valence-corrected chi connectivity index (χ4v) is 1.91. The molecule has 0 saturated carbocycles. The van der Waals surface area contributed by atoms with Gasteiger partial charge in [-0.25, -0.2) is 17.6 Å². The van der Waals surface area contributed by atoms with Crippen molar-refractivity contribution < 1.29 is 17.6 Å². The summed E-state index contributed by atoms with van der Waals surface area (Å²) in [6.45, 7) is 1.85. The molecule has 1 nitrogen and oxygen atoms in total. The topological polar surface area (TPSA) is 12.0 Å². The molecule has 20 heavy (non-hydrogen) atoms. The van der Waals surface area contributed by atoms with Gasteiger partial charge in [-0.05, 0) is 37.7 Å². The molecule has 0 radical (unpaired) electrons. The summed E-state index contributed by atoms with van der Waals surface area (Å²) >= 11 is 0. The largest absolute Gasteiger partial charge is 0.313 e. The van der Waals surface area contributed by atoms with Gasteiger partial charge in [0.15, 0.2) is 11.6 Å². The number of nitrogens with one attached hydrogen (secondary N) is 1. The number of rotatable bonds is 3. The summed E-state index contributed by atoms with van der Waals surface area (Å²) in [6, 6.07) is 5.15. The quantitative estimate of drug-likeness (QED) is 0.658. The minimum absolute atomic E-state index is 0.0808. The van der Waals surface area contributed by atoms with Gasteiger partial charge in [-0.2, -0.15) is 0 Å². The molecular weight excluding hydrogens is 270 g/mol. The van der Waals surface area contributed by atoms with Crippen molar-refractivity contribution >= 4 is 0 Å². The highest BCUT2D eigenvalue weighted by Gasteiger charge is 2.16. The maximum Gasteiger partial charge on any atom is 0.161 e. The van der Waals surface area contributed by atoms with Crippen LogP contribution in [0.5, 0.6) is 0 Å². The average molecular weight is 283 g/mol. The molecule has 0 fully saturated rings. The molecule has 0 amide bonds. The Bertz CT molecular complexity index is 640. The molecule has 5 heteroatoms. The van der Waals surface area contributed by atoms with Crippen LogP contribution < -0.4 is 5.32 Å². The molecule has 0 spiro atoms. The molecule has 1 atom stereocenters. The van der Waals surface area contributed by atoms with E-state index in [2.05, 4.69) is 5.32 Å². The van der Waals surface area contributed by atoms with Crippen molar-refractivity contribution in [1.29, 1.82) is 0 Å². The molecule has 2 aromatic rings. The number of benzene rings is 2. The molecule has 1 unspecified atom stereocenters. The summed E-state index contributed by atoms with van der Waals surface area (Å²) in [5, 5.41) is 2.96. The Morgan fingerprint density at radius 2 is 1.40 bits per heavy atom. The van der Waals surface area contributed by atoms with Crippen LogP contribution in [0.25, 0.3) is 11.1 Å². The maximum atomic E-state index is 13.8. The molecular formula is C15H13F4N. The molecule has 0 aliphatic heterocycles. The van der Waals surface area contributed by atoms with Gasteiger partial charge >= 0.3 is 0 Å². The predicted octanol–water partition coefficient (Wildman–Crippen LogP) is 4.19. The Kier molecular flexibility index (Phi) is 4.09. The fourth-order valence-electron chi connectivity index (χ4n) is 1.91. The molecule has 2 rings (SSSR count). The summed E-state index contributed by atoms with van der Waals surface area (Å²) in [5.74, 6) is -4.21. The lowest BCUT2D eigenvalue weighted by Gasteiger charge is -2.13. The second-order valence-electron chi connectivity index (χ2n) is 4.50. The van der Waals surface area contributed by atoms with E-state index in [9.17, 15) is 17.6 Å². The Labute approximate surface area is 114 Å². The molecule has 106 valence electrons. The summed E-state index contributed by atoms with van der Waals surface area (Å²) in [6.07, 6.45) is 0. The van der Waals surface area contributed by atoms with Gasteiger partial charge in [0, 0.05) is 23.2 Å². The van der Waals surface area contributed by atoms with Crippen molar-refractivity contribution in [3.05, 3.63) is 59.2 Å². The lowest BCUT2D eigenvalue weighted by atomic mass is 9.99. The van der Waals surface area contributed by atoms with Crippen LogP contribution >= 0.6 is 0 Å². The smallest absolute Gasteiger partial charge is 0.161 e. The zero-order valence-corrected chi connectivity index (χ0v) is 11.0. The van der Waals surface area contributed by atoms with E-state index in [4.69, 9.17) is 0 Å². The highest BCUT2D eigenvalue weighted by atomic mass is 19.2. The van der Waals surface area contributed by atoms with Crippen LogP contribution in [0.2, 0.25) is 0 Å². The van der Waals surface area contributed by atoms with Gasteiger partial charge in [-0.15, -0.1) is 0 Å². The number of hydrogen-bond acceptors (Lipinski definition) is 1. The van der Waals surface area contributed by atoms with E-state index in [1.165, 1.54) is 12.1 Å². The third kappa shape index (κ3) is 2.67. The number of halogens is 4. The molecule has 0 aliphatic rings. The molecule has 2 aromatic carbocycles. The fraction of sp³-hybridized carbons (Fsp3) is 0.200. The van der Waals surface area contributed by atoms with Gasteiger partial charge < -0.3 is 5.32 Å². The molecule has 0 saturated heterocycles. The molecule has 0 aliphatic carbocycles. The van der Waals surface area contributed by atoms with Crippen LogP contribution in [-0.2, 0) is 0 Å². The van der Waals surface area contributed by atoms with Gasteiger partial charge in [-0.3, -0.25) is 0 Å². The highest BCUT2D eigenvalue weighted by Crippen LogP contribution is 2.29. The Morgan fingerprint density at radius 1 is 0.800 bits per heavy atom. The summed E-state index contributed by atoms with van der Waals surface area (Å²) < 4.78 is 53.7. The first-order valence-electron chi connectivity index (χ1n) is 6.05. The van der Waals surface area contributed by atoms with Crippen LogP contribution in [0.3, 0.4) is 0 Å². The van der Waals surface area contributed by atoms with E-state index >= 15 is 0 Å². The Balaban J connectivity index is 2.60. The maximum absolute atomic E-state index is 13.8. The standard InChI is InChI=1S/C15H13F4N/c1-8(20-2)9-3-4-12(16)10(5-9)11-6-14(18)15(19)7-13(11)17/h3-8,20H,1-2H3. The van der Waals surface area contributed by atoms with Gasteiger partial charge in [0.05, 0.1) is 0 Å². The van der Waals surface area contributed by atoms with Gasteiger partial charge in [0.25, 0.3) is 0 Å². The van der Waals surface area contributed by atoms with Crippen molar-refractivity contribution in [2.45, 2.75) is 13.0 Å². The zero-order valence-electron chi connectivity index (χ0n) is 11.0. The van der Waals surface area contributed by atoms with Crippen molar-refractivity contribution in [2.75, 3.05) is 7.05 Å². The molecule has 0 bridgehead atoms. The van der Waals surface area contributed by atoms with Crippen molar-refractivity contribution in [1.82, 2.24) is 5.32 Å². The van der Waals surface area contributed by atoms with Crippen LogP contribution in [0.15, 0.2) is 30.3 Å². The van der Waals surface area contributed by atoms with Crippen LogP contribution in [0.1, 0.15) is 18.5 Å². The highest BCUT2D eigenvalue weighted by molar-refractivity contribution is 5.66. The lowest BCUT2D eigenvalue weighted by molar-refractivity contribution is 0.495. The predicted molar refractivity (Wildman–Crippen MR) is 69.2 cm³/mol. The first kappa shape index (κ1) is 14.5. The van der Waals surface area contributed by atoms with Crippen LogP contribution in [-0.4, -0.2) is 7.05 Å². The van der Waals surface area contributed by atoms with E-state index in [1.807, 2.05) is 6.92 Å². The SMILES string of the molecule is CNC(C)c1ccc(F)c(-c2cc(F)c(F)cc2F)c1. The first-order chi connectivity index (χ1) is 9.43.